The molecule has 2 aromatic carbocycles. The zero-order chi connectivity index (χ0) is 21.9. The van der Waals surface area contributed by atoms with Gasteiger partial charge in [0.05, 0.1) is 13.2 Å². The summed E-state index contributed by atoms with van der Waals surface area (Å²) in [6, 6.07) is 10.3. The van der Waals surface area contributed by atoms with E-state index in [9.17, 15) is 18.0 Å². The highest BCUT2D eigenvalue weighted by Crippen LogP contribution is 2.32. The molecule has 0 aliphatic rings. The van der Waals surface area contributed by atoms with Gasteiger partial charge in [0.1, 0.15) is 5.82 Å². The predicted octanol–water partition coefficient (Wildman–Crippen LogP) is 3.13. The first-order chi connectivity index (χ1) is 14.4. The topological polar surface area (TPSA) is 84.0 Å². The number of hydrogen-bond acceptors (Lipinski definition) is 4. The van der Waals surface area contributed by atoms with Crippen LogP contribution in [0.1, 0.15) is 12.5 Å². The van der Waals surface area contributed by atoms with Gasteiger partial charge in [-0.3, -0.25) is 9.79 Å². The lowest BCUT2D eigenvalue weighted by Gasteiger charge is -2.17. The molecule has 7 nitrogen and oxygen atoms in total. The third-order valence-corrected chi connectivity index (χ3v) is 3.76. The number of alkyl halides is 2. The maximum atomic E-state index is 13.2. The number of nitrogens with zero attached hydrogens (tertiary/aromatic N) is 1. The van der Waals surface area contributed by atoms with E-state index in [0.717, 1.165) is 0 Å². The molecule has 0 aliphatic heterocycles. The van der Waals surface area contributed by atoms with E-state index in [-0.39, 0.29) is 30.5 Å². The van der Waals surface area contributed by atoms with Crippen LogP contribution in [0.5, 0.6) is 11.5 Å². The quantitative estimate of drug-likeness (QED) is 0.426. The summed E-state index contributed by atoms with van der Waals surface area (Å²) in [6.07, 6.45) is 0. The molecule has 0 radical (unpaired) electrons. The fourth-order valence-electron chi connectivity index (χ4n) is 2.53. The van der Waals surface area contributed by atoms with Crippen molar-refractivity contribution in [3.05, 3.63) is 53.8 Å². The monoisotopic (exact) mass is 424 g/mol. The molecular weight excluding hydrogens is 401 g/mol. The molecular formula is C20H23F3N4O3. The van der Waals surface area contributed by atoms with Gasteiger partial charge in [0, 0.05) is 24.8 Å². The van der Waals surface area contributed by atoms with Crippen LogP contribution in [0.4, 0.5) is 18.9 Å². The molecule has 0 heterocycles. The standard InChI is InChI=1S/C20H23F3N4O3/c1-3-29-16-9-4-6-13(18(16)30-19(22)23)11-25-20(24-2)26-12-17(28)27-15-8-5-7-14(21)10-15/h4-10,19H,3,11-12H2,1-2H3,(H,27,28)(H2,24,25,26). The van der Waals surface area contributed by atoms with Crippen molar-refractivity contribution in [3.8, 4) is 11.5 Å². The summed E-state index contributed by atoms with van der Waals surface area (Å²) < 4.78 is 48.7. The maximum Gasteiger partial charge on any atom is 0.387 e. The minimum Gasteiger partial charge on any atom is -0.490 e. The zero-order valence-electron chi connectivity index (χ0n) is 16.5. The molecule has 30 heavy (non-hydrogen) atoms. The minimum atomic E-state index is -3.01. The van der Waals surface area contributed by atoms with E-state index in [4.69, 9.17) is 4.74 Å². The summed E-state index contributed by atoms with van der Waals surface area (Å²) in [4.78, 5) is 16.0. The van der Waals surface area contributed by atoms with Crippen LogP contribution >= 0.6 is 0 Å². The van der Waals surface area contributed by atoms with Gasteiger partial charge in [-0.2, -0.15) is 8.78 Å². The van der Waals surface area contributed by atoms with Crippen molar-refractivity contribution in [1.82, 2.24) is 10.6 Å². The van der Waals surface area contributed by atoms with Gasteiger partial charge in [0.25, 0.3) is 0 Å². The average molecular weight is 424 g/mol. The van der Waals surface area contributed by atoms with Gasteiger partial charge in [0.2, 0.25) is 5.91 Å². The molecule has 3 N–H and O–H groups in total. The number of benzene rings is 2. The lowest BCUT2D eigenvalue weighted by Crippen LogP contribution is -2.41. The average Bonchev–Trinajstić information content (AvgIpc) is 2.70. The molecule has 0 fully saturated rings. The van der Waals surface area contributed by atoms with Gasteiger partial charge in [-0.25, -0.2) is 4.39 Å². The second kappa shape index (κ2) is 11.5. The highest BCUT2D eigenvalue weighted by atomic mass is 19.3. The summed E-state index contributed by atoms with van der Waals surface area (Å²) >= 11 is 0. The second-order valence-corrected chi connectivity index (χ2v) is 5.89. The summed E-state index contributed by atoms with van der Waals surface area (Å²) in [5, 5.41) is 8.25. The van der Waals surface area contributed by atoms with E-state index in [2.05, 4.69) is 25.7 Å². The van der Waals surface area contributed by atoms with Crippen LogP contribution in [0.15, 0.2) is 47.5 Å². The fourth-order valence-corrected chi connectivity index (χ4v) is 2.53. The third kappa shape index (κ3) is 7.19. The first-order valence-corrected chi connectivity index (χ1v) is 9.12. The van der Waals surface area contributed by atoms with E-state index in [0.29, 0.717) is 17.9 Å². The second-order valence-electron chi connectivity index (χ2n) is 5.89. The Morgan fingerprint density at radius 1 is 1.17 bits per heavy atom. The number of guanidine groups is 1. The van der Waals surface area contributed by atoms with Gasteiger partial charge in [0.15, 0.2) is 17.5 Å². The fraction of sp³-hybridized carbons (Fsp3) is 0.300. The molecule has 10 heteroatoms. The number of para-hydroxylation sites is 1. The summed E-state index contributed by atoms with van der Waals surface area (Å²) in [6.45, 7) is -1.03. The Bertz CT molecular complexity index is 878. The Morgan fingerprint density at radius 3 is 2.60 bits per heavy atom. The van der Waals surface area contributed by atoms with Crippen LogP contribution in [0.25, 0.3) is 0 Å². The molecule has 0 saturated heterocycles. The maximum absolute atomic E-state index is 13.2. The molecule has 0 atom stereocenters. The van der Waals surface area contributed by atoms with E-state index < -0.39 is 18.3 Å². The van der Waals surface area contributed by atoms with E-state index >= 15 is 0 Å². The highest BCUT2D eigenvalue weighted by molar-refractivity contribution is 5.94. The summed E-state index contributed by atoms with van der Waals surface area (Å²) in [7, 11) is 1.49. The van der Waals surface area contributed by atoms with Crippen molar-refractivity contribution in [3.63, 3.8) is 0 Å². The summed E-state index contributed by atoms with van der Waals surface area (Å²) in [5.74, 6) is -0.483. The van der Waals surface area contributed by atoms with Crippen molar-refractivity contribution < 1.29 is 27.4 Å². The van der Waals surface area contributed by atoms with Crippen molar-refractivity contribution >= 4 is 17.6 Å². The van der Waals surface area contributed by atoms with Crippen LogP contribution in [-0.2, 0) is 11.3 Å². The predicted molar refractivity (Wildman–Crippen MR) is 107 cm³/mol. The number of halogens is 3. The van der Waals surface area contributed by atoms with Gasteiger partial charge < -0.3 is 25.4 Å². The number of aliphatic imine (C=N–C) groups is 1. The molecule has 2 rings (SSSR count). The number of carbonyl (C=O) groups excluding carboxylic acids is 1. The molecule has 1 amide bonds. The number of ether oxygens (including phenoxy) is 2. The van der Waals surface area contributed by atoms with Crippen molar-refractivity contribution in [2.24, 2.45) is 4.99 Å². The SMILES string of the molecule is CCOc1cccc(CNC(=NC)NCC(=O)Nc2cccc(F)c2)c1OC(F)F. The highest BCUT2D eigenvalue weighted by Gasteiger charge is 2.16. The summed E-state index contributed by atoms with van der Waals surface area (Å²) in [5.41, 5.74) is 0.750. The molecule has 2 aromatic rings. The molecule has 0 bridgehead atoms. The first kappa shape index (κ1) is 22.9. The van der Waals surface area contributed by atoms with Crippen LogP contribution < -0.4 is 25.4 Å². The van der Waals surface area contributed by atoms with Gasteiger partial charge in [-0.1, -0.05) is 18.2 Å². The van der Waals surface area contributed by atoms with Crippen LogP contribution in [0.2, 0.25) is 0 Å². The number of rotatable bonds is 9. The van der Waals surface area contributed by atoms with Gasteiger partial charge in [-0.15, -0.1) is 0 Å². The van der Waals surface area contributed by atoms with Gasteiger partial charge >= 0.3 is 6.61 Å². The van der Waals surface area contributed by atoms with Crippen LogP contribution in [-0.4, -0.2) is 38.7 Å². The van der Waals surface area contributed by atoms with E-state index in [1.165, 1.54) is 31.3 Å². The van der Waals surface area contributed by atoms with Gasteiger partial charge in [-0.05, 0) is 31.2 Å². The van der Waals surface area contributed by atoms with Crippen molar-refractivity contribution in [2.45, 2.75) is 20.1 Å². The minimum absolute atomic E-state index is 0.0684. The Hall–Kier alpha value is -3.43. The number of anilines is 1. The molecule has 162 valence electrons. The Morgan fingerprint density at radius 2 is 1.93 bits per heavy atom. The molecule has 0 aliphatic carbocycles. The van der Waals surface area contributed by atoms with Crippen molar-refractivity contribution in [2.75, 3.05) is 25.5 Å². The Labute approximate surface area is 172 Å². The Balaban J connectivity index is 1.95. The first-order valence-electron chi connectivity index (χ1n) is 9.12. The number of amides is 1. The molecule has 0 aromatic heterocycles. The van der Waals surface area contributed by atoms with Crippen LogP contribution in [0, 0.1) is 5.82 Å². The number of hydrogen-bond donors (Lipinski definition) is 3. The van der Waals surface area contributed by atoms with E-state index in [1.54, 1.807) is 25.1 Å². The van der Waals surface area contributed by atoms with Crippen LogP contribution in [0.3, 0.4) is 0 Å². The van der Waals surface area contributed by atoms with Crippen molar-refractivity contribution in [1.29, 1.82) is 0 Å². The zero-order valence-corrected chi connectivity index (χ0v) is 16.5. The lowest BCUT2D eigenvalue weighted by atomic mass is 10.2. The molecule has 0 spiro atoms. The Kier molecular flexibility index (Phi) is 8.79. The largest absolute Gasteiger partial charge is 0.490 e. The lowest BCUT2D eigenvalue weighted by molar-refractivity contribution is -0.115. The smallest absolute Gasteiger partial charge is 0.387 e. The number of carbonyl (C=O) groups is 1. The van der Waals surface area contributed by atoms with E-state index in [1.807, 2.05) is 0 Å². The number of nitrogens with one attached hydrogen (secondary N) is 3. The molecule has 0 saturated carbocycles. The normalized spacial score (nSPS) is 11.2. The molecule has 0 unspecified atom stereocenters. The third-order valence-electron chi connectivity index (χ3n) is 3.76.